The van der Waals surface area contributed by atoms with Crippen molar-refractivity contribution in [1.82, 2.24) is 9.97 Å². The topological polar surface area (TPSA) is 93.7 Å². The minimum absolute atomic E-state index is 0.503. The molecule has 4 rings (SSSR count). The summed E-state index contributed by atoms with van der Waals surface area (Å²) in [5, 5.41) is 8.61. The van der Waals surface area contributed by atoms with Crippen molar-refractivity contribution in [1.29, 1.82) is 0 Å². The molecule has 2 heterocycles. The Balaban J connectivity index is 1.49. The molecule has 0 bridgehead atoms. The lowest BCUT2D eigenvalue weighted by atomic mass is 10.2. The number of carbonyl (C=O) groups excluding carboxylic acids is 1. The summed E-state index contributed by atoms with van der Waals surface area (Å²) < 4.78 is 5.90. The number of aromatic nitrogens is 2. The Morgan fingerprint density at radius 2 is 1.81 bits per heavy atom. The van der Waals surface area contributed by atoms with Crippen molar-refractivity contribution in [2.45, 2.75) is 0 Å². The Hall–Kier alpha value is -3.75. The van der Waals surface area contributed by atoms with E-state index in [2.05, 4.69) is 15.1 Å². The molecule has 0 saturated carbocycles. The molecule has 4 aromatic rings. The first-order valence-corrected chi connectivity index (χ1v) is 10.4. The Kier molecular flexibility index (Phi) is 6.21. The molecular formula is C22H16ClN5O2S. The zero-order valence-electron chi connectivity index (χ0n) is 16.1. The fourth-order valence-corrected chi connectivity index (χ4v) is 3.39. The Morgan fingerprint density at radius 3 is 2.48 bits per heavy atom. The number of hydrazone groups is 1. The quantitative estimate of drug-likeness (QED) is 0.307. The first kappa shape index (κ1) is 20.5. The zero-order chi connectivity index (χ0) is 21.6. The molecule has 0 radical (unpaired) electrons. The van der Waals surface area contributed by atoms with Crippen LogP contribution in [0, 0.1) is 0 Å². The van der Waals surface area contributed by atoms with Gasteiger partial charge >= 0.3 is 6.03 Å². The highest BCUT2D eigenvalue weighted by molar-refractivity contribution is 7.13. The highest BCUT2D eigenvalue weighted by atomic mass is 35.5. The SMILES string of the molecule is NC(=O)N(/N=C/c1ccc(Cl)cc1)c1ccc(Oc2ccnc(-c3nccs3)c2)cc1. The number of carbonyl (C=O) groups is 1. The van der Waals surface area contributed by atoms with Gasteiger partial charge in [-0.05, 0) is 48.0 Å². The van der Waals surface area contributed by atoms with Crippen LogP contribution in [0.4, 0.5) is 10.5 Å². The zero-order valence-corrected chi connectivity index (χ0v) is 17.6. The van der Waals surface area contributed by atoms with E-state index in [1.165, 1.54) is 17.6 Å². The minimum atomic E-state index is -0.707. The first-order chi connectivity index (χ1) is 15.1. The van der Waals surface area contributed by atoms with E-state index in [1.54, 1.807) is 67.0 Å². The lowest BCUT2D eigenvalue weighted by molar-refractivity contribution is 0.254. The largest absolute Gasteiger partial charge is 0.457 e. The smallest absolute Gasteiger partial charge is 0.340 e. The molecule has 0 aliphatic rings. The van der Waals surface area contributed by atoms with Crippen LogP contribution in [0.2, 0.25) is 5.02 Å². The maximum atomic E-state index is 11.9. The number of pyridine rings is 1. The summed E-state index contributed by atoms with van der Waals surface area (Å²) in [6, 6.07) is 16.8. The van der Waals surface area contributed by atoms with Crippen LogP contribution in [0.25, 0.3) is 10.7 Å². The predicted octanol–water partition coefficient (Wildman–Crippen LogP) is 5.57. The number of anilines is 1. The minimum Gasteiger partial charge on any atom is -0.457 e. The maximum absolute atomic E-state index is 11.9. The van der Waals surface area contributed by atoms with Gasteiger partial charge in [-0.3, -0.25) is 4.98 Å². The summed E-state index contributed by atoms with van der Waals surface area (Å²) in [6.07, 6.45) is 4.93. The van der Waals surface area contributed by atoms with E-state index in [1.807, 2.05) is 11.4 Å². The van der Waals surface area contributed by atoms with E-state index in [4.69, 9.17) is 22.1 Å². The normalized spacial score (nSPS) is 10.9. The molecule has 7 nitrogen and oxygen atoms in total. The van der Waals surface area contributed by atoms with Crippen molar-refractivity contribution in [2.75, 3.05) is 5.01 Å². The third-order valence-corrected chi connectivity index (χ3v) is 5.15. The van der Waals surface area contributed by atoms with E-state index in [0.717, 1.165) is 21.3 Å². The molecule has 2 amide bonds. The number of rotatable bonds is 6. The Labute approximate surface area is 187 Å². The number of primary amides is 1. The summed E-state index contributed by atoms with van der Waals surface area (Å²) >= 11 is 7.39. The number of nitrogens with two attached hydrogens (primary N) is 1. The van der Waals surface area contributed by atoms with Gasteiger partial charge in [0.05, 0.1) is 11.9 Å². The number of urea groups is 1. The molecule has 0 spiro atoms. The second kappa shape index (κ2) is 9.38. The van der Waals surface area contributed by atoms with Crippen LogP contribution in [-0.2, 0) is 0 Å². The van der Waals surface area contributed by atoms with Crippen LogP contribution in [0.1, 0.15) is 5.56 Å². The maximum Gasteiger partial charge on any atom is 0.340 e. The molecule has 2 aromatic carbocycles. The van der Waals surface area contributed by atoms with E-state index in [9.17, 15) is 4.79 Å². The van der Waals surface area contributed by atoms with Gasteiger partial charge in [-0.2, -0.15) is 10.1 Å². The predicted molar refractivity (Wildman–Crippen MR) is 123 cm³/mol. The van der Waals surface area contributed by atoms with Crippen molar-refractivity contribution < 1.29 is 9.53 Å². The van der Waals surface area contributed by atoms with Gasteiger partial charge in [-0.25, -0.2) is 9.78 Å². The highest BCUT2D eigenvalue weighted by Gasteiger charge is 2.11. The second-order valence-electron chi connectivity index (χ2n) is 6.26. The molecular weight excluding hydrogens is 434 g/mol. The first-order valence-electron chi connectivity index (χ1n) is 9.11. The van der Waals surface area contributed by atoms with Crippen molar-refractivity contribution in [3.63, 3.8) is 0 Å². The molecule has 0 unspecified atom stereocenters. The Morgan fingerprint density at radius 1 is 1.03 bits per heavy atom. The standard InChI is InChI=1S/C22H16ClN5O2S/c23-16-3-1-15(2-4-16)14-27-28(22(24)29)17-5-7-18(8-6-17)30-19-9-10-25-20(13-19)21-26-11-12-31-21/h1-14H,(H2,24,29)/b27-14+. The third-order valence-electron chi connectivity index (χ3n) is 4.10. The van der Waals surface area contributed by atoms with E-state index in [0.29, 0.717) is 22.2 Å². The van der Waals surface area contributed by atoms with Gasteiger partial charge in [0.2, 0.25) is 0 Å². The van der Waals surface area contributed by atoms with E-state index >= 15 is 0 Å². The summed E-state index contributed by atoms with van der Waals surface area (Å²) in [4.78, 5) is 20.4. The number of ether oxygens (including phenoxy) is 1. The number of benzene rings is 2. The third kappa shape index (κ3) is 5.25. The molecule has 31 heavy (non-hydrogen) atoms. The molecule has 0 aliphatic carbocycles. The van der Waals surface area contributed by atoms with E-state index in [-0.39, 0.29) is 0 Å². The second-order valence-corrected chi connectivity index (χ2v) is 7.59. The van der Waals surface area contributed by atoms with Crippen molar-refractivity contribution in [3.05, 3.63) is 89.0 Å². The number of halogens is 1. The van der Waals surface area contributed by atoms with Crippen molar-refractivity contribution in [2.24, 2.45) is 10.8 Å². The van der Waals surface area contributed by atoms with Gasteiger partial charge in [0, 0.05) is 28.9 Å². The van der Waals surface area contributed by atoms with Crippen LogP contribution in [0.5, 0.6) is 11.5 Å². The van der Waals surface area contributed by atoms with Crippen LogP contribution in [0.3, 0.4) is 0 Å². The summed E-state index contributed by atoms with van der Waals surface area (Å²) in [7, 11) is 0. The van der Waals surface area contributed by atoms with Crippen LogP contribution in [-0.4, -0.2) is 22.2 Å². The van der Waals surface area contributed by atoms with Crippen molar-refractivity contribution in [3.8, 4) is 22.2 Å². The van der Waals surface area contributed by atoms with Gasteiger partial charge in [0.1, 0.15) is 22.2 Å². The molecule has 0 atom stereocenters. The lowest BCUT2D eigenvalue weighted by Gasteiger charge is -2.15. The lowest BCUT2D eigenvalue weighted by Crippen LogP contribution is -2.31. The van der Waals surface area contributed by atoms with Crippen LogP contribution < -0.4 is 15.5 Å². The molecule has 154 valence electrons. The average Bonchev–Trinajstić information content (AvgIpc) is 3.31. The molecule has 9 heteroatoms. The summed E-state index contributed by atoms with van der Waals surface area (Å²) in [5.74, 6) is 1.21. The molecule has 2 N–H and O–H groups in total. The molecule has 2 aromatic heterocycles. The molecule has 0 saturated heterocycles. The molecule has 0 fully saturated rings. The van der Waals surface area contributed by atoms with Gasteiger partial charge in [-0.15, -0.1) is 11.3 Å². The van der Waals surface area contributed by atoms with E-state index < -0.39 is 6.03 Å². The number of nitrogens with zero attached hydrogens (tertiary/aromatic N) is 4. The fraction of sp³-hybridized carbons (Fsp3) is 0. The molecule has 0 aliphatic heterocycles. The number of amides is 2. The summed E-state index contributed by atoms with van der Waals surface area (Å²) in [6.45, 7) is 0. The van der Waals surface area contributed by atoms with Crippen LogP contribution >= 0.6 is 22.9 Å². The summed E-state index contributed by atoms with van der Waals surface area (Å²) in [5.41, 5.74) is 7.51. The monoisotopic (exact) mass is 449 g/mol. The number of hydrogen-bond acceptors (Lipinski definition) is 6. The number of hydrogen-bond donors (Lipinski definition) is 1. The Bertz CT molecular complexity index is 1200. The van der Waals surface area contributed by atoms with Gasteiger partial charge in [0.25, 0.3) is 0 Å². The fourth-order valence-electron chi connectivity index (χ4n) is 2.66. The van der Waals surface area contributed by atoms with Gasteiger partial charge < -0.3 is 10.5 Å². The van der Waals surface area contributed by atoms with Crippen molar-refractivity contribution >= 4 is 40.9 Å². The van der Waals surface area contributed by atoms with Gasteiger partial charge in [0.15, 0.2) is 0 Å². The highest BCUT2D eigenvalue weighted by Crippen LogP contribution is 2.28. The van der Waals surface area contributed by atoms with Gasteiger partial charge in [-0.1, -0.05) is 23.7 Å². The average molecular weight is 450 g/mol. The van der Waals surface area contributed by atoms with Crippen LogP contribution in [0.15, 0.2) is 83.5 Å². The number of thiazole rings is 1.